The standard InChI is InChI=1S/C11H15NO2S/c1-8-7-9(12)3-4-10(8)15-6-5-11(13)14-2/h3-4,7H,5-6,12H2,1-2H3. The van der Waals surface area contributed by atoms with Crippen molar-refractivity contribution >= 4 is 23.4 Å². The lowest BCUT2D eigenvalue weighted by atomic mass is 10.2. The van der Waals surface area contributed by atoms with Crippen LogP contribution in [-0.4, -0.2) is 18.8 Å². The predicted octanol–water partition coefficient (Wildman–Crippen LogP) is 2.23. The number of carbonyl (C=O) groups is 1. The maximum absolute atomic E-state index is 10.9. The van der Waals surface area contributed by atoms with Crippen molar-refractivity contribution in [1.82, 2.24) is 0 Å². The second-order valence-corrected chi connectivity index (χ2v) is 4.34. The Bertz CT molecular complexity index is 352. The van der Waals surface area contributed by atoms with Crippen molar-refractivity contribution < 1.29 is 9.53 Å². The molecule has 2 N–H and O–H groups in total. The number of benzene rings is 1. The van der Waals surface area contributed by atoms with E-state index < -0.39 is 0 Å². The molecule has 0 atom stereocenters. The molecule has 0 unspecified atom stereocenters. The SMILES string of the molecule is COC(=O)CCSc1ccc(N)cc1C. The summed E-state index contributed by atoms with van der Waals surface area (Å²) >= 11 is 1.64. The van der Waals surface area contributed by atoms with E-state index in [1.54, 1.807) is 11.8 Å². The van der Waals surface area contributed by atoms with Crippen molar-refractivity contribution in [2.24, 2.45) is 0 Å². The maximum atomic E-state index is 10.9. The van der Waals surface area contributed by atoms with Crippen LogP contribution < -0.4 is 5.73 Å². The molecule has 3 nitrogen and oxygen atoms in total. The van der Waals surface area contributed by atoms with E-state index in [2.05, 4.69) is 4.74 Å². The quantitative estimate of drug-likeness (QED) is 0.485. The Balaban J connectivity index is 2.47. The molecule has 0 aliphatic rings. The van der Waals surface area contributed by atoms with Crippen LogP contribution in [0.3, 0.4) is 0 Å². The number of esters is 1. The van der Waals surface area contributed by atoms with Gasteiger partial charge in [0.2, 0.25) is 0 Å². The van der Waals surface area contributed by atoms with Gasteiger partial charge in [0.1, 0.15) is 0 Å². The van der Waals surface area contributed by atoms with E-state index in [0.717, 1.165) is 21.9 Å². The number of hydrogen-bond donors (Lipinski definition) is 1. The number of ether oxygens (including phenoxy) is 1. The molecule has 1 aromatic carbocycles. The van der Waals surface area contributed by atoms with Gasteiger partial charge in [0.25, 0.3) is 0 Å². The highest BCUT2D eigenvalue weighted by Crippen LogP contribution is 2.24. The maximum Gasteiger partial charge on any atom is 0.306 e. The van der Waals surface area contributed by atoms with Gasteiger partial charge in [0, 0.05) is 16.3 Å². The number of rotatable bonds is 4. The normalized spacial score (nSPS) is 10.0. The monoisotopic (exact) mass is 225 g/mol. The van der Waals surface area contributed by atoms with Gasteiger partial charge >= 0.3 is 5.97 Å². The van der Waals surface area contributed by atoms with Crippen molar-refractivity contribution in [2.45, 2.75) is 18.2 Å². The fraction of sp³-hybridized carbons (Fsp3) is 0.364. The van der Waals surface area contributed by atoms with Crippen molar-refractivity contribution in [3.63, 3.8) is 0 Å². The zero-order valence-electron chi connectivity index (χ0n) is 8.95. The average molecular weight is 225 g/mol. The first-order valence-electron chi connectivity index (χ1n) is 4.69. The summed E-state index contributed by atoms with van der Waals surface area (Å²) in [5.74, 6) is 0.563. The summed E-state index contributed by atoms with van der Waals surface area (Å²) in [5.41, 5.74) is 7.55. The summed E-state index contributed by atoms with van der Waals surface area (Å²) in [5, 5.41) is 0. The molecule has 0 saturated carbocycles. The third-order valence-electron chi connectivity index (χ3n) is 1.99. The second kappa shape index (κ2) is 5.66. The molecule has 0 saturated heterocycles. The molecule has 0 amide bonds. The van der Waals surface area contributed by atoms with Crippen LogP contribution in [0.2, 0.25) is 0 Å². The van der Waals surface area contributed by atoms with Crippen LogP contribution in [-0.2, 0) is 9.53 Å². The van der Waals surface area contributed by atoms with Crippen LogP contribution in [0.5, 0.6) is 0 Å². The van der Waals surface area contributed by atoms with Crippen molar-refractivity contribution in [3.8, 4) is 0 Å². The lowest BCUT2D eigenvalue weighted by Crippen LogP contribution is -2.01. The average Bonchev–Trinajstić information content (AvgIpc) is 2.21. The number of aryl methyl sites for hydroxylation is 1. The number of methoxy groups -OCH3 is 1. The van der Waals surface area contributed by atoms with E-state index in [4.69, 9.17) is 5.73 Å². The molecule has 0 spiro atoms. The van der Waals surface area contributed by atoms with Crippen molar-refractivity contribution in [3.05, 3.63) is 23.8 Å². The van der Waals surface area contributed by atoms with Gasteiger partial charge in [-0.15, -0.1) is 11.8 Å². The molecule has 0 aromatic heterocycles. The van der Waals surface area contributed by atoms with E-state index in [1.165, 1.54) is 7.11 Å². The van der Waals surface area contributed by atoms with Gasteiger partial charge in [-0.3, -0.25) is 4.79 Å². The van der Waals surface area contributed by atoms with E-state index in [-0.39, 0.29) is 5.97 Å². The summed E-state index contributed by atoms with van der Waals surface area (Å²) in [7, 11) is 1.40. The minimum Gasteiger partial charge on any atom is -0.469 e. The van der Waals surface area contributed by atoms with Crippen LogP contribution in [0, 0.1) is 6.92 Å². The largest absolute Gasteiger partial charge is 0.469 e. The van der Waals surface area contributed by atoms with Crippen LogP contribution in [0.4, 0.5) is 5.69 Å². The summed E-state index contributed by atoms with van der Waals surface area (Å²) in [6, 6.07) is 5.78. The highest BCUT2D eigenvalue weighted by atomic mass is 32.2. The van der Waals surface area contributed by atoms with Gasteiger partial charge in [0.15, 0.2) is 0 Å². The molecule has 15 heavy (non-hydrogen) atoms. The zero-order chi connectivity index (χ0) is 11.3. The van der Waals surface area contributed by atoms with E-state index >= 15 is 0 Å². The van der Waals surface area contributed by atoms with Crippen molar-refractivity contribution in [1.29, 1.82) is 0 Å². The number of thioether (sulfide) groups is 1. The Kier molecular flexibility index (Phi) is 4.49. The molecule has 1 rings (SSSR count). The molecular weight excluding hydrogens is 210 g/mol. The van der Waals surface area contributed by atoms with Crippen LogP contribution in [0.15, 0.2) is 23.1 Å². The predicted molar refractivity (Wildman–Crippen MR) is 62.9 cm³/mol. The Labute approximate surface area is 94.0 Å². The first kappa shape index (κ1) is 11.9. The molecule has 0 radical (unpaired) electrons. The molecular formula is C11H15NO2S. The summed E-state index contributed by atoms with van der Waals surface area (Å²) in [6.45, 7) is 2.01. The van der Waals surface area contributed by atoms with Gasteiger partial charge in [-0.2, -0.15) is 0 Å². The summed E-state index contributed by atoms with van der Waals surface area (Å²) in [4.78, 5) is 12.0. The Morgan fingerprint density at radius 2 is 2.27 bits per heavy atom. The number of anilines is 1. The van der Waals surface area contributed by atoms with E-state index in [0.29, 0.717) is 6.42 Å². The Morgan fingerprint density at radius 1 is 1.53 bits per heavy atom. The van der Waals surface area contributed by atoms with E-state index in [9.17, 15) is 4.79 Å². The lowest BCUT2D eigenvalue weighted by molar-refractivity contribution is -0.140. The Morgan fingerprint density at radius 3 is 2.87 bits per heavy atom. The van der Waals surface area contributed by atoms with Gasteiger partial charge < -0.3 is 10.5 Å². The number of carbonyl (C=O) groups excluding carboxylic acids is 1. The number of hydrogen-bond acceptors (Lipinski definition) is 4. The highest BCUT2D eigenvalue weighted by molar-refractivity contribution is 7.99. The smallest absolute Gasteiger partial charge is 0.306 e. The van der Waals surface area contributed by atoms with Crippen LogP contribution >= 0.6 is 11.8 Å². The Hall–Kier alpha value is -1.16. The molecule has 0 heterocycles. The fourth-order valence-electron chi connectivity index (χ4n) is 1.18. The third-order valence-corrected chi connectivity index (χ3v) is 3.17. The first-order chi connectivity index (χ1) is 7.13. The molecule has 0 bridgehead atoms. The lowest BCUT2D eigenvalue weighted by Gasteiger charge is -2.05. The number of nitrogen functional groups attached to an aromatic ring is 1. The van der Waals surface area contributed by atoms with Gasteiger partial charge in [0.05, 0.1) is 13.5 Å². The van der Waals surface area contributed by atoms with Crippen molar-refractivity contribution in [2.75, 3.05) is 18.6 Å². The van der Waals surface area contributed by atoms with Gasteiger partial charge in [-0.1, -0.05) is 0 Å². The fourth-order valence-corrected chi connectivity index (χ4v) is 2.12. The van der Waals surface area contributed by atoms with E-state index in [1.807, 2.05) is 25.1 Å². The molecule has 1 aromatic rings. The minimum atomic E-state index is -0.171. The van der Waals surface area contributed by atoms with Gasteiger partial charge in [-0.25, -0.2) is 0 Å². The molecule has 0 aliphatic carbocycles. The molecule has 0 aliphatic heterocycles. The summed E-state index contributed by atoms with van der Waals surface area (Å²) in [6.07, 6.45) is 0.435. The molecule has 0 fully saturated rings. The minimum absolute atomic E-state index is 0.171. The van der Waals surface area contributed by atoms with Gasteiger partial charge in [-0.05, 0) is 30.7 Å². The highest BCUT2D eigenvalue weighted by Gasteiger charge is 2.03. The zero-order valence-corrected chi connectivity index (χ0v) is 9.76. The third kappa shape index (κ3) is 3.83. The second-order valence-electron chi connectivity index (χ2n) is 3.20. The van der Waals surface area contributed by atoms with Crippen LogP contribution in [0.1, 0.15) is 12.0 Å². The molecule has 82 valence electrons. The summed E-state index contributed by atoms with van der Waals surface area (Å²) < 4.78 is 4.57. The topological polar surface area (TPSA) is 52.3 Å². The number of nitrogens with two attached hydrogens (primary N) is 1. The van der Waals surface area contributed by atoms with Crippen LogP contribution in [0.25, 0.3) is 0 Å². The first-order valence-corrected chi connectivity index (χ1v) is 5.68. The molecule has 4 heteroatoms.